The summed E-state index contributed by atoms with van der Waals surface area (Å²) in [5, 5.41) is 0.919. The summed E-state index contributed by atoms with van der Waals surface area (Å²) in [5.41, 5.74) is 8.65. The Hall–Kier alpha value is -1.72. The predicted molar refractivity (Wildman–Crippen MR) is 90.2 cm³/mol. The monoisotopic (exact) mass is 315 g/mol. The van der Waals surface area contributed by atoms with Crippen molar-refractivity contribution >= 4 is 17.2 Å². The second-order valence-corrected chi connectivity index (χ2v) is 6.84. The molecule has 1 amide bonds. The number of nitrogens with two attached hydrogens (primary N) is 1. The van der Waals surface area contributed by atoms with E-state index >= 15 is 0 Å². The van der Waals surface area contributed by atoms with E-state index in [0.717, 1.165) is 34.8 Å². The van der Waals surface area contributed by atoms with E-state index in [0.29, 0.717) is 12.2 Å². The van der Waals surface area contributed by atoms with E-state index in [1.807, 2.05) is 11.8 Å². The number of aryl methyl sites for hydroxylation is 2. The Morgan fingerprint density at radius 2 is 2.14 bits per heavy atom. The molecule has 0 aliphatic carbocycles. The molecule has 1 aromatic carbocycles. The zero-order chi connectivity index (χ0) is 15.7. The van der Waals surface area contributed by atoms with Crippen molar-refractivity contribution in [3.8, 4) is 10.4 Å². The van der Waals surface area contributed by atoms with Crippen LogP contribution in [0, 0.1) is 6.92 Å². The van der Waals surface area contributed by atoms with Gasteiger partial charge >= 0.3 is 0 Å². The van der Waals surface area contributed by atoms with Crippen molar-refractivity contribution < 1.29 is 4.79 Å². The zero-order valence-corrected chi connectivity index (χ0v) is 13.8. The zero-order valence-electron chi connectivity index (χ0n) is 13.0. The summed E-state index contributed by atoms with van der Waals surface area (Å²) in [7, 11) is 0. The lowest BCUT2D eigenvalue weighted by atomic mass is 10.0. The maximum absolute atomic E-state index is 12.7. The molecule has 1 unspecified atom stereocenters. The van der Waals surface area contributed by atoms with Crippen LogP contribution < -0.4 is 5.73 Å². The second kappa shape index (κ2) is 6.18. The molecule has 0 bridgehead atoms. The fraction of sp³-hybridized carbons (Fsp3) is 0.412. The molecule has 1 atom stereocenters. The van der Waals surface area contributed by atoms with E-state index in [4.69, 9.17) is 5.73 Å². The van der Waals surface area contributed by atoms with Crippen LogP contribution in [0.1, 0.15) is 34.4 Å². The molecule has 1 aromatic heterocycles. The van der Waals surface area contributed by atoms with Gasteiger partial charge in [0.1, 0.15) is 5.69 Å². The smallest absolute Gasteiger partial charge is 0.274 e. The number of carbonyl (C=O) groups excluding carboxylic acids is 1. The average molecular weight is 315 g/mol. The van der Waals surface area contributed by atoms with Crippen LogP contribution in [0.2, 0.25) is 0 Å². The summed E-state index contributed by atoms with van der Waals surface area (Å²) in [4.78, 5) is 20.0. The Morgan fingerprint density at radius 3 is 2.68 bits per heavy atom. The SMILES string of the molecule is CCc1ccc(-c2sc(C)nc2C(=O)N2CCC2CN)cc1. The van der Waals surface area contributed by atoms with Gasteiger partial charge in [0.05, 0.1) is 9.88 Å². The largest absolute Gasteiger partial charge is 0.333 e. The van der Waals surface area contributed by atoms with E-state index < -0.39 is 0 Å². The third-order valence-corrected chi connectivity index (χ3v) is 5.26. The molecular weight excluding hydrogens is 294 g/mol. The third kappa shape index (κ3) is 2.66. The number of hydrogen-bond acceptors (Lipinski definition) is 4. The van der Waals surface area contributed by atoms with Gasteiger partial charge in [0.2, 0.25) is 0 Å². The molecule has 3 rings (SSSR count). The van der Waals surface area contributed by atoms with Crippen LogP contribution in [-0.4, -0.2) is 34.9 Å². The molecule has 1 fully saturated rings. The topological polar surface area (TPSA) is 59.2 Å². The normalized spacial score (nSPS) is 17.4. The molecular formula is C17H21N3OS. The molecule has 116 valence electrons. The number of likely N-dealkylation sites (tertiary alicyclic amines) is 1. The van der Waals surface area contributed by atoms with Crippen molar-refractivity contribution in [1.82, 2.24) is 9.88 Å². The summed E-state index contributed by atoms with van der Waals surface area (Å²) in [6.45, 7) is 5.39. The number of benzene rings is 1. The molecule has 1 aliphatic heterocycles. The summed E-state index contributed by atoms with van der Waals surface area (Å²) in [6.07, 6.45) is 2.01. The highest BCUT2D eigenvalue weighted by Crippen LogP contribution is 2.32. The Labute approximate surface area is 135 Å². The molecule has 2 aromatic rings. The standard InChI is InChI=1S/C17H21N3OS/c1-3-12-4-6-13(7-5-12)16-15(19-11(2)22-16)17(21)20-9-8-14(20)10-18/h4-7,14H,3,8-10,18H2,1-2H3. The average Bonchev–Trinajstić information content (AvgIpc) is 2.89. The number of thiazole rings is 1. The number of carbonyl (C=O) groups is 1. The summed E-state index contributed by atoms with van der Waals surface area (Å²) < 4.78 is 0. The van der Waals surface area contributed by atoms with E-state index in [-0.39, 0.29) is 11.9 Å². The van der Waals surface area contributed by atoms with Crippen LogP contribution in [0.5, 0.6) is 0 Å². The van der Waals surface area contributed by atoms with Crippen LogP contribution >= 0.6 is 11.3 Å². The molecule has 22 heavy (non-hydrogen) atoms. The molecule has 4 nitrogen and oxygen atoms in total. The molecule has 0 spiro atoms. The minimum Gasteiger partial charge on any atom is -0.333 e. The maximum Gasteiger partial charge on any atom is 0.274 e. The highest BCUT2D eigenvalue weighted by Gasteiger charge is 2.34. The van der Waals surface area contributed by atoms with Crippen LogP contribution in [0.3, 0.4) is 0 Å². The van der Waals surface area contributed by atoms with Crippen molar-refractivity contribution in [3.05, 3.63) is 40.5 Å². The first-order valence-electron chi connectivity index (χ1n) is 7.71. The molecule has 0 saturated carbocycles. The first kappa shape index (κ1) is 15.2. The van der Waals surface area contributed by atoms with Crippen molar-refractivity contribution in [1.29, 1.82) is 0 Å². The Bertz CT molecular complexity index is 676. The van der Waals surface area contributed by atoms with Gasteiger partial charge in [0.25, 0.3) is 5.91 Å². The second-order valence-electron chi connectivity index (χ2n) is 5.64. The lowest BCUT2D eigenvalue weighted by Crippen LogP contribution is -2.54. The van der Waals surface area contributed by atoms with Crippen LogP contribution in [0.15, 0.2) is 24.3 Å². The lowest BCUT2D eigenvalue weighted by molar-refractivity contribution is 0.0477. The first-order chi connectivity index (χ1) is 10.6. The van der Waals surface area contributed by atoms with E-state index in [2.05, 4.69) is 36.2 Å². The van der Waals surface area contributed by atoms with Gasteiger partial charge in [-0.2, -0.15) is 0 Å². The van der Waals surface area contributed by atoms with Gasteiger partial charge in [-0.15, -0.1) is 11.3 Å². The summed E-state index contributed by atoms with van der Waals surface area (Å²) in [5.74, 6) is 0.0145. The molecule has 5 heteroatoms. The molecule has 2 heterocycles. The van der Waals surface area contributed by atoms with Gasteiger partial charge in [-0.25, -0.2) is 4.98 Å². The Kier molecular flexibility index (Phi) is 4.27. The van der Waals surface area contributed by atoms with E-state index in [1.54, 1.807) is 11.3 Å². The van der Waals surface area contributed by atoms with E-state index in [9.17, 15) is 4.79 Å². The van der Waals surface area contributed by atoms with Crippen molar-refractivity contribution in [2.45, 2.75) is 32.7 Å². The number of nitrogens with zero attached hydrogens (tertiary/aromatic N) is 2. The minimum atomic E-state index is 0.0145. The van der Waals surface area contributed by atoms with Gasteiger partial charge in [-0.3, -0.25) is 4.79 Å². The van der Waals surface area contributed by atoms with Crippen molar-refractivity contribution in [2.24, 2.45) is 5.73 Å². The van der Waals surface area contributed by atoms with Crippen LogP contribution in [0.25, 0.3) is 10.4 Å². The fourth-order valence-electron chi connectivity index (χ4n) is 2.75. The van der Waals surface area contributed by atoms with Crippen molar-refractivity contribution in [2.75, 3.05) is 13.1 Å². The Morgan fingerprint density at radius 1 is 1.41 bits per heavy atom. The molecule has 1 saturated heterocycles. The van der Waals surface area contributed by atoms with Gasteiger partial charge < -0.3 is 10.6 Å². The maximum atomic E-state index is 12.7. The summed E-state index contributed by atoms with van der Waals surface area (Å²) in [6, 6.07) is 8.57. The van der Waals surface area contributed by atoms with Gasteiger partial charge in [-0.1, -0.05) is 31.2 Å². The molecule has 0 radical (unpaired) electrons. The van der Waals surface area contributed by atoms with Gasteiger partial charge in [0, 0.05) is 19.1 Å². The fourth-order valence-corrected chi connectivity index (χ4v) is 3.66. The predicted octanol–water partition coefficient (Wildman–Crippen LogP) is 2.85. The lowest BCUT2D eigenvalue weighted by Gasteiger charge is -2.40. The Balaban J connectivity index is 1.93. The first-order valence-corrected chi connectivity index (χ1v) is 8.53. The number of aromatic nitrogens is 1. The number of hydrogen-bond donors (Lipinski definition) is 1. The third-order valence-electron chi connectivity index (χ3n) is 4.24. The van der Waals surface area contributed by atoms with Gasteiger partial charge in [0.15, 0.2) is 0 Å². The van der Waals surface area contributed by atoms with Crippen LogP contribution in [0.4, 0.5) is 0 Å². The molecule has 1 aliphatic rings. The van der Waals surface area contributed by atoms with Crippen molar-refractivity contribution in [3.63, 3.8) is 0 Å². The van der Waals surface area contributed by atoms with E-state index in [1.165, 1.54) is 5.56 Å². The summed E-state index contributed by atoms with van der Waals surface area (Å²) >= 11 is 1.58. The molecule has 2 N–H and O–H groups in total. The number of amides is 1. The number of rotatable bonds is 4. The highest BCUT2D eigenvalue weighted by atomic mass is 32.1. The van der Waals surface area contributed by atoms with Crippen LogP contribution in [-0.2, 0) is 6.42 Å². The quantitative estimate of drug-likeness (QED) is 0.944. The highest BCUT2D eigenvalue weighted by molar-refractivity contribution is 7.15. The van der Waals surface area contributed by atoms with Gasteiger partial charge in [-0.05, 0) is 30.9 Å². The minimum absolute atomic E-state index is 0.0145.